The average molecular weight is 367 g/mol. The third kappa shape index (κ3) is 3.31. The van der Waals surface area contributed by atoms with Crippen LogP contribution in [0.2, 0.25) is 0 Å². The molecule has 1 atom stereocenters. The van der Waals surface area contributed by atoms with Gasteiger partial charge in [-0.25, -0.2) is 0 Å². The molecule has 2 heterocycles. The summed E-state index contributed by atoms with van der Waals surface area (Å²) in [7, 11) is 0. The van der Waals surface area contributed by atoms with E-state index in [-0.39, 0.29) is 0 Å². The van der Waals surface area contributed by atoms with Crippen LogP contribution in [0, 0.1) is 0 Å². The zero-order valence-corrected chi connectivity index (χ0v) is 13.3. The molecule has 0 aromatic carbocycles. The van der Waals surface area contributed by atoms with Crippen molar-refractivity contribution in [2.24, 2.45) is 0 Å². The van der Waals surface area contributed by atoms with Crippen molar-refractivity contribution in [2.75, 3.05) is 11.9 Å². The van der Waals surface area contributed by atoms with Gasteiger partial charge in [0.15, 0.2) is 0 Å². The molecule has 0 amide bonds. The lowest BCUT2D eigenvalue weighted by atomic mass is 10.1. The highest BCUT2D eigenvalue weighted by Gasteiger charge is 2.20. The number of halogens is 2. The van der Waals surface area contributed by atoms with E-state index in [4.69, 9.17) is 0 Å². The molecule has 0 saturated carbocycles. The smallest absolute Gasteiger partial charge is 0.0342 e. The molecule has 16 heavy (non-hydrogen) atoms. The van der Waals surface area contributed by atoms with Crippen molar-refractivity contribution >= 4 is 43.2 Å². The highest BCUT2D eigenvalue weighted by atomic mass is 79.9. The van der Waals surface area contributed by atoms with Crippen molar-refractivity contribution in [1.29, 1.82) is 0 Å². The molecule has 1 unspecified atom stereocenters. The van der Waals surface area contributed by atoms with Crippen LogP contribution in [0.3, 0.4) is 0 Å². The molecule has 1 fully saturated rings. The predicted molar refractivity (Wildman–Crippen MR) is 78.5 cm³/mol. The minimum atomic E-state index is 0.719. The molecule has 1 nitrogen and oxygen atoms in total. The largest absolute Gasteiger partial charge is 0.294 e. The molecule has 0 bridgehead atoms. The quantitative estimate of drug-likeness (QED) is 0.703. The van der Waals surface area contributed by atoms with Crippen LogP contribution in [0.15, 0.2) is 15.9 Å². The number of alkyl halides is 1. The predicted octanol–water partition coefficient (Wildman–Crippen LogP) is 4.65. The summed E-state index contributed by atoms with van der Waals surface area (Å²) in [4.78, 5) is 4.10. The molecule has 4 heteroatoms. The second-order valence-electron chi connectivity index (χ2n) is 4.32. The Kier molecular flexibility index (Phi) is 5.33. The molecule has 0 N–H and O–H groups in total. The Labute approximate surface area is 118 Å². The van der Waals surface area contributed by atoms with E-state index in [1.165, 1.54) is 41.6 Å². The summed E-state index contributed by atoms with van der Waals surface area (Å²) in [6, 6.07) is 2.87. The Morgan fingerprint density at radius 3 is 2.94 bits per heavy atom. The van der Waals surface area contributed by atoms with Gasteiger partial charge in [-0.3, -0.25) is 4.90 Å². The van der Waals surface area contributed by atoms with Crippen LogP contribution in [-0.4, -0.2) is 22.8 Å². The van der Waals surface area contributed by atoms with Gasteiger partial charge in [0.05, 0.1) is 0 Å². The van der Waals surface area contributed by atoms with Gasteiger partial charge in [-0.2, -0.15) is 0 Å². The third-order valence-electron chi connectivity index (χ3n) is 3.21. The summed E-state index contributed by atoms with van der Waals surface area (Å²) >= 11 is 9.14. The van der Waals surface area contributed by atoms with Crippen molar-refractivity contribution in [3.05, 3.63) is 20.8 Å². The maximum Gasteiger partial charge on any atom is 0.0342 e. The van der Waals surface area contributed by atoms with Crippen molar-refractivity contribution < 1.29 is 0 Å². The first-order chi connectivity index (χ1) is 7.81. The van der Waals surface area contributed by atoms with Crippen molar-refractivity contribution in [3.63, 3.8) is 0 Å². The fraction of sp³-hybridized carbons (Fsp3) is 0.667. The van der Waals surface area contributed by atoms with E-state index in [2.05, 4.69) is 48.2 Å². The zero-order chi connectivity index (χ0) is 11.4. The van der Waals surface area contributed by atoms with Crippen LogP contribution >= 0.6 is 43.2 Å². The van der Waals surface area contributed by atoms with Crippen LogP contribution < -0.4 is 0 Å². The minimum absolute atomic E-state index is 0.719. The first kappa shape index (κ1) is 13.1. The fourth-order valence-electron chi connectivity index (χ4n) is 2.24. The Morgan fingerprint density at radius 2 is 2.25 bits per heavy atom. The van der Waals surface area contributed by atoms with Crippen LogP contribution in [0.4, 0.5) is 0 Å². The van der Waals surface area contributed by atoms with Crippen LogP contribution in [0.1, 0.15) is 30.6 Å². The van der Waals surface area contributed by atoms with E-state index in [1.807, 2.05) is 11.3 Å². The second-order valence-corrected chi connectivity index (χ2v) is 6.82. The molecule has 0 spiro atoms. The minimum Gasteiger partial charge on any atom is -0.294 e. The molecule has 1 aromatic heterocycles. The maximum atomic E-state index is 3.66. The van der Waals surface area contributed by atoms with E-state index >= 15 is 0 Å². The lowest BCUT2D eigenvalue weighted by Crippen LogP contribution is -2.35. The Balaban J connectivity index is 2.03. The number of hydrogen-bond donors (Lipinski definition) is 0. The van der Waals surface area contributed by atoms with E-state index < -0.39 is 0 Å². The van der Waals surface area contributed by atoms with Gasteiger partial charge in [0, 0.05) is 27.3 Å². The monoisotopic (exact) mass is 365 g/mol. The lowest BCUT2D eigenvalue weighted by molar-refractivity contribution is 0.211. The number of hydrogen-bond acceptors (Lipinski definition) is 2. The molecule has 90 valence electrons. The topological polar surface area (TPSA) is 3.24 Å². The molecule has 0 aliphatic carbocycles. The van der Waals surface area contributed by atoms with Gasteiger partial charge in [-0.1, -0.05) is 28.8 Å². The molecule has 1 saturated heterocycles. The first-order valence-electron chi connectivity index (χ1n) is 5.83. The fourth-order valence-corrected chi connectivity index (χ4v) is 4.48. The highest BCUT2D eigenvalue weighted by Crippen LogP contribution is 2.27. The van der Waals surface area contributed by atoms with Gasteiger partial charge in [0.2, 0.25) is 0 Å². The number of thiophene rings is 1. The van der Waals surface area contributed by atoms with Gasteiger partial charge in [0.25, 0.3) is 0 Å². The maximum absolute atomic E-state index is 3.66. The van der Waals surface area contributed by atoms with Gasteiger partial charge in [0.1, 0.15) is 0 Å². The average Bonchev–Trinajstić information content (AvgIpc) is 2.56. The molecule has 1 aliphatic heterocycles. The van der Waals surface area contributed by atoms with Crippen molar-refractivity contribution in [2.45, 2.75) is 38.3 Å². The van der Waals surface area contributed by atoms with Crippen molar-refractivity contribution in [3.8, 4) is 0 Å². The second kappa shape index (κ2) is 6.53. The molecular weight excluding hydrogens is 350 g/mol. The first-order valence-corrected chi connectivity index (χ1v) is 8.62. The summed E-state index contributed by atoms with van der Waals surface area (Å²) in [5, 5.41) is 3.27. The lowest BCUT2D eigenvalue weighted by Gasteiger charge is -2.28. The van der Waals surface area contributed by atoms with Gasteiger partial charge < -0.3 is 0 Å². The summed E-state index contributed by atoms with van der Waals surface area (Å²) in [5.41, 5.74) is 0. The summed E-state index contributed by atoms with van der Waals surface area (Å²) in [6.07, 6.45) is 5.48. The number of rotatable bonds is 3. The molecule has 1 aromatic rings. The summed E-state index contributed by atoms with van der Waals surface area (Å²) < 4.78 is 1.27. The van der Waals surface area contributed by atoms with E-state index in [9.17, 15) is 0 Å². The summed E-state index contributed by atoms with van der Waals surface area (Å²) in [6.45, 7) is 2.36. The number of nitrogens with zero attached hydrogens (tertiary/aromatic N) is 1. The van der Waals surface area contributed by atoms with Crippen LogP contribution in [0.5, 0.6) is 0 Å². The van der Waals surface area contributed by atoms with Gasteiger partial charge >= 0.3 is 0 Å². The highest BCUT2D eigenvalue weighted by molar-refractivity contribution is 9.10. The molecule has 0 radical (unpaired) electrons. The Bertz CT molecular complexity index is 327. The zero-order valence-electron chi connectivity index (χ0n) is 9.29. The molecule has 2 rings (SSSR count). The van der Waals surface area contributed by atoms with Gasteiger partial charge in [-0.15, -0.1) is 11.3 Å². The Hall–Kier alpha value is 0.620. The number of likely N-dealkylation sites (tertiary alicyclic amines) is 1. The normalized spacial score (nSPS) is 23.2. The molecular formula is C12H17Br2NS. The van der Waals surface area contributed by atoms with Crippen molar-refractivity contribution in [1.82, 2.24) is 4.90 Å². The van der Waals surface area contributed by atoms with Gasteiger partial charge in [-0.05, 0) is 46.8 Å². The molecule has 1 aliphatic rings. The summed E-state index contributed by atoms with van der Waals surface area (Å²) in [5.74, 6) is 0. The Morgan fingerprint density at radius 1 is 1.38 bits per heavy atom. The SMILES string of the molecule is BrCC1CCCCCN1Cc1sccc1Br. The van der Waals surface area contributed by atoms with E-state index in [0.717, 1.165) is 17.9 Å². The van der Waals surface area contributed by atoms with Crippen LogP contribution in [-0.2, 0) is 6.54 Å². The van der Waals surface area contributed by atoms with E-state index in [0.29, 0.717) is 0 Å². The van der Waals surface area contributed by atoms with E-state index in [1.54, 1.807) is 0 Å². The standard InChI is InChI=1S/C12H17Br2NS/c13-8-10-4-2-1-3-6-15(10)9-12-11(14)5-7-16-12/h5,7,10H,1-4,6,8-9H2. The third-order valence-corrected chi connectivity index (χ3v) is 5.87. The van der Waals surface area contributed by atoms with Crippen LogP contribution in [0.25, 0.3) is 0 Å².